The van der Waals surface area contributed by atoms with Gasteiger partial charge >= 0.3 is 0 Å². The van der Waals surface area contributed by atoms with Crippen LogP contribution in [0, 0.1) is 4.77 Å². The van der Waals surface area contributed by atoms with Gasteiger partial charge in [-0.3, -0.25) is 0 Å². The first kappa shape index (κ1) is 7.26. The Bertz CT molecular complexity index is 253. The summed E-state index contributed by atoms with van der Waals surface area (Å²) in [5, 5.41) is 8.74. The number of hydrogen-bond donors (Lipinski definition) is 1. The number of hydrogen-bond acceptors (Lipinski definition) is 3. The van der Waals surface area contributed by atoms with E-state index in [0.29, 0.717) is 0 Å². The van der Waals surface area contributed by atoms with Crippen molar-refractivity contribution in [2.75, 3.05) is 0 Å². The third kappa shape index (κ3) is 1.56. The number of rotatable bonds is 2. The summed E-state index contributed by atoms with van der Waals surface area (Å²) in [5.41, 5.74) is 0. The molecule has 0 fully saturated rings. The number of nitrogens with zero attached hydrogens (tertiary/aromatic N) is 3. The number of aromatic amines is 1. The van der Waals surface area contributed by atoms with Crippen molar-refractivity contribution in [1.29, 1.82) is 0 Å². The van der Waals surface area contributed by atoms with Crippen LogP contribution in [-0.2, 0) is 6.54 Å². The maximum atomic E-state index is 11.6. The van der Waals surface area contributed by atoms with Gasteiger partial charge in [0, 0.05) is 0 Å². The number of aromatic nitrogens is 4. The Hall–Kier alpha value is -0.850. The molecule has 0 spiro atoms. The molecule has 1 rings (SSSR count). The number of nitrogens with one attached hydrogen (secondary N) is 1. The molecule has 1 N–H and O–H groups in total. The molecule has 0 saturated carbocycles. The van der Waals surface area contributed by atoms with E-state index in [1.54, 1.807) is 0 Å². The fourth-order valence-electron chi connectivity index (χ4n) is 0.473. The van der Waals surface area contributed by atoms with Crippen molar-refractivity contribution in [1.82, 2.24) is 20.2 Å². The highest BCUT2D eigenvalue weighted by atomic mass is 32.1. The fraction of sp³-hybridized carbons (Fsp3) is 0.667. The summed E-state index contributed by atoms with van der Waals surface area (Å²) < 4.78 is 24.3. The van der Waals surface area contributed by atoms with Gasteiger partial charge in [-0.1, -0.05) is 10.3 Å². The van der Waals surface area contributed by atoms with Crippen LogP contribution >= 0.6 is 12.2 Å². The average molecular weight is 166 g/mol. The standard InChI is InChI=1S/C3H4F2N4S/c4-2(5)1-9-3(10)6-7-8-9/h2H,1H2,(H,6,8,10). The summed E-state index contributed by atoms with van der Waals surface area (Å²) in [7, 11) is 0. The van der Waals surface area contributed by atoms with E-state index in [-0.39, 0.29) is 4.77 Å². The molecule has 7 heteroatoms. The molecule has 56 valence electrons. The minimum atomic E-state index is -2.44. The molecule has 0 unspecified atom stereocenters. The smallest absolute Gasteiger partial charge is 0.237 e. The van der Waals surface area contributed by atoms with Gasteiger partial charge in [0.25, 0.3) is 6.43 Å². The Morgan fingerprint density at radius 2 is 2.40 bits per heavy atom. The fourth-order valence-corrected chi connectivity index (χ4v) is 0.629. The second-order valence-electron chi connectivity index (χ2n) is 1.58. The Morgan fingerprint density at radius 3 is 2.80 bits per heavy atom. The molecular weight excluding hydrogens is 162 g/mol. The minimum Gasteiger partial charge on any atom is -0.237 e. The van der Waals surface area contributed by atoms with Gasteiger partial charge in [0.1, 0.15) is 6.54 Å². The highest BCUT2D eigenvalue weighted by Gasteiger charge is 2.04. The van der Waals surface area contributed by atoms with Gasteiger partial charge in [-0.05, 0) is 12.2 Å². The van der Waals surface area contributed by atoms with Crippen molar-refractivity contribution in [2.45, 2.75) is 13.0 Å². The van der Waals surface area contributed by atoms with E-state index in [1.165, 1.54) is 0 Å². The van der Waals surface area contributed by atoms with Gasteiger partial charge in [-0.2, -0.15) is 5.21 Å². The molecule has 0 aromatic carbocycles. The third-order valence-electron chi connectivity index (χ3n) is 0.852. The van der Waals surface area contributed by atoms with Crippen LogP contribution in [0.3, 0.4) is 0 Å². The zero-order chi connectivity index (χ0) is 7.56. The molecule has 0 atom stereocenters. The van der Waals surface area contributed by atoms with Crippen molar-refractivity contribution in [3.05, 3.63) is 4.77 Å². The largest absolute Gasteiger partial charge is 0.258 e. The van der Waals surface area contributed by atoms with Crippen molar-refractivity contribution < 1.29 is 8.78 Å². The Morgan fingerprint density at radius 1 is 1.70 bits per heavy atom. The number of tetrazole rings is 1. The Kier molecular flexibility index (Phi) is 2.05. The van der Waals surface area contributed by atoms with Crippen LogP contribution in [0.2, 0.25) is 0 Å². The summed E-state index contributed by atoms with van der Waals surface area (Å²) in [6.07, 6.45) is -2.44. The SMILES string of the molecule is FC(F)Cn1[nH]nnc1=S. The lowest BCUT2D eigenvalue weighted by Crippen LogP contribution is -2.08. The maximum Gasteiger partial charge on any atom is 0.258 e. The predicted octanol–water partition coefficient (Wildman–Crippen LogP) is 0.601. The number of alkyl halides is 2. The van der Waals surface area contributed by atoms with Crippen LogP contribution in [-0.4, -0.2) is 26.6 Å². The van der Waals surface area contributed by atoms with Crippen LogP contribution in [0.25, 0.3) is 0 Å². The van der Waals surface area contributed by atoms with Crippen molar-refractivity contribution in [3.8, 4) is 0 Å². The van der Waals surface area contributed by atoms with E-state index in [2.05, 4.69) is 27.7 Å². The lowest BCUT2D eigenvalue weighted by atomic mass is 10.7. The van der Waals surface area contributed by atoms with Crippen LogP contribution in [0.5, 0.6) is 0 Å². The van der Waals surface area contributed by atoms with Crippen molar-refractivity contribution in [2.24, 2.45) is 0 Å². The molecule has 4 nitrogen and oxygen atoms in total. The highest BCUT2D eigenvalue weighted by molar-refractivity contribution is 7.71. The summed E-state index contributed by atoms with van der Waals surface area (Å²) in [4.78, 5) is 0. The van der Waals surface area contributed by atoms with Gasteiger partial charge in [0.15, 0.2) is 0 Å². The molecule has 0 aliphatic rings. The second-order valence-corrected chi connectivity index (χ2v) is 1.95. The average Bonchev–Trinajstić information content (AvgIpc) is 2.15. The first-order valence-electron chi connectivity index (χ1n) is 2.46. The van der Waals surface area contributed by atoms with Gasteiger partial charge in [-0.15, -0.1) is 0 Å². The molecule has 1 heterocycles. The normalized spacial score (nSPS) is 10.7. The molecule has 0 saturated heterocycles. The second kappa shape index (κ2) is 2.82. The molecule has 0 bridgehead atoms. The summed E-state index contributed by atoms with van der Waals surface area (Å²) in [6, 6.07) is 0. The zero-order valence-corrected chi connectivity index (χ0v) is 5.61. The van der Waals surface area contributed by atoms with E-state index in [1.807, 2.05) is 0 Å². The number of H-pyrrole nitrogens is 1. The first-order chi connectivity index (χ1) is 4.70. The summed E-state index contributed by atoms with van der Waals surface area (Å²) in [5.74, 6) is 0. The quantitative estimate of drug-likeness (QED) is 0.654. The molecule has 1 aromatic rings. The molecule has 10 heavy (non-hydrogen) atoms. The van der Waals surface area contributed by atoms with Crippen LogP contribution in [0.1, 0.15) is 0 Å². The summed E-state index contributed by atoms with van der Waals surface area (Å²) in [6.45, 7) is -0.480. The lowest BCUT2D eigenvalue weighted by molar-refractivity contribution is 0.120. The summed E-state index contributed by atoms with van der Waals surface area (Å²) >= 11 is 4.53. The van der Waals surface area contributed by atoms with E-state index in [4.69, 9.17) is 0 Å². The van der Waals surface area contributed by atoms with Crippen molar-refractivity contribution in [3.63, 3.8) is 0 Å². The van der Waals surface area contributed by atoms with Gasteiger partial charge in [-0.25, -0.2) is 13.5 Å². The molecule has 0 radical (unpaired) electrons. The zero-order valence-electron chi connectivity index (χ0n) is 4.79. The lowest BCUT2D eigenvalue weighted by Gasteiger charge is -1.96. The molecule has 0 aliphatic carbocycles. The van der Waals surface area contributed by atoms with Crippen LogP contribution in [0.4, 0.5) is 8.78 Å². The van der Waals surface area contributed by atoms with Gasteiger partial charge in [0.05, 0.1) is 0 Å². The van der Waals surface area contributed by atoms with Gasteiger partial charge < -0.3 is 0 Å². The molecule has 0 amide bonds. The maximum absolute atomic E-state index is 11.6. The van der Waals surface area contributed by atoms with E-state index >= 15 is 0 Å². The number of halogens is 2. The molecular formula is C3H4F2N4S. The minimum absolute atomic E-state index is 0.0419. The van der Waals surface area contributed by atoms with E-state index < -0.39 is 13.0 Å². The Labute approximate surface area is 59.8 Å². The predicted molar refractivity (Wildman–Crippen MR) is 31.2 cm³/mol. The van der Waals surface area contributed by atoms with Gasteiger partial charge in [0.2, 0.25) is 4.77 Å². The third-order valence-corrected chi connectivity index (χ3v) is 1.15. The molecule has 0 aliphatic heterocycles. The highest BCUT2D eigenvalue weighted by Crippen LogP contribution is 1.95. The van der Waals surface area contributed by atoms with E-state index in [9.17, 15) is 8.78 Å². The van der Waals surface area contributed by atoms with Crippen LogP contribution in [0.15, 0.2) is 0 Å². The molecule has 1 aromatic heterocycles. The first-order valence-corrected chi connectivity index (χ1v) is 2.87. The van der Waals surface area contributed by atoms with Crippen LogP contribution < -0.4 is 0 Å². The van der Waals surface area contributed by atoms with Crippen molar-refractivity contribution >= 4 is 12.2 Å². The monoisotopic (exact) mass is 166 g/mol. The topological polar surface area (TPSA) is 46.5 Å². The van der Waals surface area contributed by atoms with E-state index in [0.717, 1.165) is 4.68 Å². The Balaban J connectivity index is 2.75.